The van der Waals surface area contributed by atoms with Crippen molar-refractivity contribution in [3.05, 3.63) is 60.2 Å². The molecule has 2 aromatic carbocycles. The number of aryl methyl sites for hydroxylation is 1. The van der Waals surface area contributed by atoms with Gasteiger partial charge in [0.25, 0.3) is 9.84 Å². The maximum absolute atomic E-state index is 12.7. The minimum absolute atomic E-state index is 0.158. The number of aromatic nitrogens is 2. The van der Waals surface area contributed by atoms with E-state index in [4.69, 9.17) is 10.5 Å². The third kappa shape index (κ3) is 4.75. The zero-order valence-corrected chi connectivity index (χ0v) is 18.0. The Bertz CT molecular complexity index is 1180. The summed E-state index contributed by atoms with van der Waals surface area (Å²) in [5.41, 5.74) is 2.91. The van der Waals surface area contributed by atoms with Crippen LogP contribution in [0, 0.1) is 0 Å². The topological polar surface area (TPSA) is 87.2 Å². The van der Waals surface area contributed by atoms with Crippen LogP contribution in [0.15, 0.2) is 59.5 Å². The quantitative estimate of drug-likeness (QED) is 0.577. The number of benzene rings is 2. The summed E-state index contributed by atoms with van der Waals surface area (Å²) in [6, 6.07) is 13.4. The van der Waals surface area contributed by atoms with Gasteiger partial charge in [0.1, 0.15) is 5.75 Å². The Kier molecular flexibility index (Phi) is 5.90. The number of hydrogen-bond acceptors (Lipinski definition) is 5. The molecule has 6 nitrogen and oxygen atoms in total. The van der Waals surface area contributed by atoms with Crippen LogP contribution in [0.4, 0.5) is 13.2 Å². The molecule has 31 heavy (non-hydrogen) atoms. The minimum Gasteiger partial charge on any atom is -0.438 e. The summed E-state index contributed by atoms with van der Waals surface area (Å²) in [4.78, 5) is -0.853. The van der Waals surface area contributed by atoms with Crippen LogP contribution in [0.25, 0.3) is 11.3 Å². The van der Waals surface area contributed by atoms with Gasteiger partial charge in [-0.1, -0.05) is 18.2 Å². The molecule has 0 saturated carbocycles. The summed E-state index contributed by atoms with van der Waals surface area (Å²) < 4.78 is 68.3. The molecular weight excluding hydrogens is 431 g/mol. The van der Waals surface area contributed by atoms with Gasteiger partial charge in [-0.05, 0) is 56.7 Å². The Morgan fingerprint density at radius 2 is 1.71 bits per heavy atom. The molecule has 0 aliphatic heterocycles. The Balaban J connectivity index is 1.89. The van der Waals surface area contributed by atoms with Crippen LogP contribution in [0.2, 0.25) is 0 Å². The number of nitrogens with zero attached hydrogens (tertiary/aromatic N) is 2. The molecule has 0 saturated heterocycles. The molecule has 3 aromatic rings. The Hall–Kier alpha value is -2.85. The lowest BCUT2D eigenvalue weighted by Gasteiger charge is -2.20. The number of ether oxygens (including phenoxy) is 1. The van der Waals surface area contributed by atoms with E-state index in [0.29, 0.717) is 6.54 Å². The highest BCUT2D eigenvalue weighted by molar-refractivity contribution is 7.92. The molecule has 2 N–H and O–H groups in total. The maximum Gasteiger partial charge on any atom is 0.501 e. The van der Waals surface area contributed by atoms with Crippen molar-refractivity contribution in [2.45, 2.75) is 43.3 Å². The van der Waals surface area contributed by atoms with Crippen molar-refractivity contribution in [1.82, 2.24) is 9.78 Å². The van der Waals surface area contributed by atoms with Gasteiger partial charge in [0.05, 0.1) is 10.6 Å². The highest BCUT2D eigenvalue weighted by atomic mass is 32.2. The first-order chi connectivity index (χ1) is 14.3. The molecule has 0 aliphatic rings. The molecule has 0 amide bonds. The van der Waals surface area contributed by atoms with Gasteiger partial charge in [-0.25, -0.2) is 8.42 Å². The maximum atomic E-state index is 12.7. The molecular formula is C21H22F3N3O3S. The van der Waals surface area contributed by atoms with E-state index < -0.39 is 25.8 Å². The zero-order valence-electron chi connectivity index (χ0n) is 17.1. The van der Waals surface area contributed by atoms with E-state index in [9.17, 15) is 21.6 Å². The van der Waals surface area contributed by atoms with Gasteiger partial charge in [-0.15, -0.1) is 5.10 Å². The molecule has 3 rings (SSSR count). The van der Waals surface area contributed by atoms with Crippen LogP contribution in [-0.4, -0.2) is 23.7 Å². The van der Waals surface area contributed by atoms with Crippen LogP contribution in [0.1, 0.15) is 26.3 Å². The number of sulfone groups is 1. The standard InChI is InChI=1S/C21H22F3N3O3S/c1-4-27-18(14-6-5-7-15(12-14)20(2,3)25)13-19(26-27)30-16-8-10-17(11-9-16)31(28,29)21(22,23)24/h5-13H,4,25H2,1-3H3. The molecule has 0 atom stereocenters. The highest BCUT2D eigenvalue weighted by Gasteiger charge is 2.46. The molecule has 10 heteroatoms. The molecule has 166 valence electrons. The summed E-state index contributed by atoms with van der Waals surface area (Å²) in [7, 11) is -5.41. The van der Waals surface area contributed by atoms with Crippen molar-refractivity contribution in [2.24, 2.45) is 5.73 Å². The smallest absolute Gasteiger partial charge is 0.438 e. The largest absolute Gasteiger partial charge is 0.501 e. The summed E-state index contributed by atoms with van der Waals surface area (Å²) in [6.07, 6.45) is 0. The van der Waals surface area contributed by atoms with Crippen LogP contribution in [0.3, 0.4) is 0 Å². The average molecular weight is 453 g/mol. The second kappa shape index (κ2) is 8.01. The van der Waals surface area contributed by atoms with Gasteiger partial charge in [0.15, 0.2) is 0 Å². The third-order valence-electron chi connectivity index (χ3n) is 4.62. The lowest BCUT2D eigenvalue weighted by atomic mass is 9.93. The molecule has 0 spiro atoms. The predicted molar refractivity (Wildman–Crippen MR) is 110 cm³/mol. The van der Waals surface area contributed by atoms with E-state index in [2.05, 4.69) is 5.10 Å². The Labute approximate surface area is 178 Å². The van der Waals surface area contributed by atoms with Gasteiger partial charge in [-0.2, -0.15) is 13.2 Å². The van der Waals surface area contributed by atoms with Gasteiger partial charge >= 0.3 is 5.51 Å². The second-order valence-corrected chi connectivity index (χ2v) is 9.45. The van der Waals surface area contributed by atoms with Crippen molar-refractivity contribution < 1.29 is 26.3 Å². The average Bonchev–Trinajstić information content (AvgIpc) is 3.10. The number of alkyl halides is 3. The molecule has 0 radical (unpaired) electrons. The van der Waals surface area contributed by atoms with Crippen LogP contribution < -0.4 is 10.5 Å². The van der Waals surface area contributed by atoms with Crippen LogP contribution in [0.5, 0.6) is 11.6 Å². The number of rotatable bonds is 6. The number of hydrogen-bond donors (Lipinski definition) is 1. The molecule has 0 aliphatic carbocycles. The lowest BCUT2D eigenvalue weighted by molar-refractivity contribution is -0.0436. The summed E-state index contributed by atoms with van der Waals surface area (Å²) in [5, 5.41) is 4.37. The second-order valence-electron chi connectivity index (χ2n) is 7.51. The van der Waals surface area contributed by atoms with Gasteiger partial charge in [0.2, 0.25) is 5.88 Å². The van der Waals surface area contributed by atoms with Gasteiger partial charge < -0.3 is 10.5 Å². The van der Waals surface area contributed by atoms with Crippen molar-refractivity contribution in [1.29, 1.82) is 0 Å². The fourth-order valence-electron chi connectivity index (χ4n) is 2.94. The SMILES string of the molecule is CCn1nc(Oc2ccc(S(=O)(=O)C(F)(F)F)cc2)cc1-c1cccc(C(C)(C)N)c1. The van der Waals surface area contributed by atoms with Gasteiger partial charge in [0, 0.05) is 23.7 Å². The fourth-order valence-corrected chi connectivity index (χ4v) is 3.70. The fraction of sp³-hybridized carbons (Fsp3) is 0.286. The van der Waals surface area contributed by atoms with E-state index in [1.807, 2.05) is 45.0 Å². The monoisotopic (exact) mass is 453 g/mol. The van der Waals surface area contributed by atoms with E-state index in [1.165, 1.54) is 0 Å². The summed E-state index contributed by atoms with van der Waals surface area (Å²) in [5.74, 6) is 0.381. The normalized spacial score (nSPS) is 12.7. The van der Waals surface area contributed by atoms with Crippen molar-refractivity contribution in [3.8, 4) is 22.9 Å². The third-order valence-corrected chi connectivity index (χ3v) is 6.12. The van der Waals surface area contributed by atoms with Crippen molar-refractivity contribution in [2.75, 3.05) is 0 Å². The first-order valence-corrected chi connectivity index (χ1v) is 10.9. The molecule has 1 heterocycles. The predicted octanol–water partition coefficient (Wildman–Crippen LogP) is 4.85. The summed E-state index contributed by atoms with van der Waals surface area (Å²) in [6.45, 7) is 6.27. The number of nitrogens with two attached hydrogens (primary N) is 1. The van der Waals surface area contributed by atoms with Crippen molar-refractivity contribution >= 4 is 9.84 Å². The van der Waals surface area contributed by atoms with E-state index in [0.717, 1.165) is 41.1 Å². The molecule has 0 bridgehead atoms. The Morgan fingerprint density at radius 1 is 1.06 bits per heavy atom. The zero-order chi connectivity index (χ0) is 23.0. The first-order valence-electron chi connectivity index (χ1n) is 9.40. The van der Waals surface area contributed by atoms with E-state index in [1.54, 1.807) is 10.7 Å². The van der Waals surface area contributed by atoms with Crippen LogP contribution >= 0.6 is 0 Å². The van der Waals surface area contributed by atoms with E-state index in [-0.39, 0.29) is 11.6 Å². The molecule has 0 fully saturated rings. The highest BCUT2D eigenvalue weighted by Crippen LogP contribution is 2.33. The van der Waals surface area contributed by atoms with Crippen LogP contribution in [-0.2, 0) is 21.9 Å². The van der Waals surface area contributed by atoms with Gasteiger partial charge in [-0.3, -0.25) is 4.68 Å². The lowest BCUT2D eigenvalue weighted by Crippen LogP contribution is -2.28. The Morgan fingerprint density at radius 3 is 2.26 bits per heavy atom. The van der Waals surface area contributed by atoms with Crippen molar-refractivity contribution in [3.63, 3.8) is 0 Å². The minimum atomic E-state index is -5.41. The first kappa shape index (κ1) is 22.8. The molecule has 0 unspecified atom stereocenters. The number of halogens is 3. The van der Waals surface area contributed by atoms with E-state index >= 15 is 0 Å². The summed E-state index contributed by atoms with van der Waals surface area (Å²) >= 11 is 0. The molecule has 1 aromatic heterocycles.